The van der Waals surface area contributed by atoms with Crippen LogP contribution in [-0.4, -0.2) is 49.1 Å². The minimum absolute atomic E-state index is 0.0779. The van der Waals surface area contributed by atoms with Crippen LogP contribution < -0.4 is 11.5 Å². The molecule has 2 unspecified atom stereocenters. The number of aliphatic hydroxyl groups is 2. The fourth-order valence-corrected chi connectivity index (χ4v) is 0.526. The smallest absolute Gasteiger partial charge is 0.126 e. The molecular weight excluding hydrogens is 164 g/mol. The highest BCUT2D eigenvalue weighted by Crippen LogP contribution is 1.81. The second-order valence-electron chi connectivity index (χ2n) is 2.28. The van der Waals surface area contributed by atoms with E-state index in [1.807, 2.05) is 0 Å². The van der Waals surface area contributed by atoms with Crippen LogP contribution in [0.25, 0.3) is 0 Å². The van der Waals surface area contributed by atoms with Crippen LogP contribution in [0.3, 0.4) is 0 Å². The third kappa shape index (κ3) is 9.76. The molecule has 74 valence electrons. The lowest BCUT2D eigenvalue weighted by Crippen LogP contribution is -2.28. The standard InChI is InChI=1S/C6H16N2O4/c7-5(9)3-11-1-2-12-4-6(8)10/h5-6,9-10H,1-4,7-8H2. The van der Waals surface area contributed by atoms with Crippen LogP contribution >= 0.6 is 0 Å². The third-order valence-corrected chi connectivity index (χ3v) is 0.949. The van der Waals surface area contributed by atoms with Gasteiger partial charge in [-0.05, 0) is 0 Å². The lowest BCUT2D eigenvalue weighted by molar-refractivity contribution is -0.0143. The van der Waals surface area contributed by atoms with Gasteiger partial charge in [-0.15, -0.1) is 0 Å². The van der Waals surface area contributed by atoms with Crippen molar-refractivity contribution < 1.29 is 19.7 Å². The van der Waals surface area contributed by atoms with Gasteiger partial charge < -0.3 is 31.2 Å². The van der Waals surface area contributed by atoms with E-state index in [9.17, 15) is 0 Å². The largest absolute Gasteiger partial charge is 0.376 e. The highest BCUT2D eigenvalue weighted by Gasteiger charge is 1.97. The molecule has 0 aromatic heterocycles. The van der Waals surface area contributed by atoms with E-state index in [2.05, 4.69) is 0 Å². The Labute approximate surface area is 71.1 Å². The summed E-state index contributed by atoms with van der Waals surface area (Å²) in [4.78, 5) is 0. The fourth-order valence-electron chi connectivity index (χ4n) is 0.526. The van der Waals surface area contributed by atoms with Crippen molar-refractivity contribution in [2.75, 3.05) is 26.4 Å². The molecule has 2 atom stereocenters. The van der Waals surface area contributed by atoms with Crippen molar-refractivity contribution in [3.63, 3.8) is 0 Å². The molecule has 12 heavy (non-hydrogen) atoms. The first-order chi connectivity index (χ1) is 5.63. The SMILES string of the molecule is NC(O)COCCOCC(N)O. The molecule has 0 saturated carbocycles. The third-order valence-electron chi connectivity index (χ3n) is 0.949. The van der Waals surface area contributed by atoms with Gasteiger partial charge >= 0.3 is 0 Å². The van der Waals surface area contributed by atoms with E-state index in [0.717, 1.165) is 0 Å². The Morgan fingerprint density at radius 2 is 1.25 bits per heavy atom. The molecule has 0 fully saturated rings. The Morgan fingerprint density at radius 1 is 0.917 bits per heavy atom. The van der Waals surface area contributed by atoms with E-state index in [-0.39, 0.29) is 13.2 Å². The van der Waals surface area contributed by atoms with Gasteiger partial charge in [-0.3, -0.25) is 0 Å². The van der Waals surface area contributed by atoms with Crippen LogP contribution in [0.2, 0.25) is 0 Å². The molecule has 0 rings (SSSR count). The van der Waals surface area contributed by atoms with Crippen LogP contribution in [0.5, 0.6) is 0 Å². The lowest BCUT2D eigenvalue weighted by Gasteiger charge is -2.07. The average Bonchev–Trinajstić information content (AvgIpc) is 1.95. The maximum absolute atomic E-state index is 8.55. The van der Waals surface area contributed by atoms with E-state index in [0.29, 0.717) is 13.2 Å². The molecule has 0 heterocycles. The van der Waals surface area contributed by atoms with Crippen molar-refractivity contribution in [1.82, 2.24) is 0 Å². The number of nitrogens with two attached hydrogens (primary N) is 2. The molecule has 0 aliphatic heterocycles. The minimum atomic E-state index is -0.954. The van der Waals surface area contributed by atoms with Gasteiger partial charge in [-0.25, -0.2) is 0 Å². The van der Waals surface area contributed by atoms with Gasteiger partial charge in [0.05, 0.1) is 26.4 Å². The number of hydrogen-bond acceptors (Lipinski definition) is 6. The molecule has 0 aliphatic carbocycles. The molecular formula is C6H16N2O4. The predicted octanol–water partition coefficient (Wildman–Crippen LogP) is -2.43. The van der Waals surface area contributed by atoms with Gasteiger partial charge in [-0.2, -0.15) is 0 Å². The minimum Gasteiger partial charge on any atom is -0.376 e. The second-order valence-corrected chi connectivity index (χ2v) is 2.28. The molecule has 0 bridgehead atoms. The highest BCUT2D eigenvalue weighted by molar-refractivity contribution is 4.41. The molecule has 0 aromatic rings. The van der Waals surface area contributed by atoms with E-state index in [1.165, 1.54) is 0 Å². The summed E-state index contributed by atoms with van der Waals surface area (Å²) < 4.78 is 9.71. The zero-order chi connectivity index (χ0) is 9.40. The number of ether oxygens (including phenoxy) is 2. The number of aliphatic hydroxyl groups excluding tert-OH is 2. The van der Waals surface area contributed by atoms with E-state index in [4.69, 9.17) is 31.2 Å². The second kappa shape index (κ2) is 7.41. The quantitative estimate of drug-likeness (QED) is 0.256. The normalized spacial score (nSPS) is 16.0. The van der Waals surface area contributed by atoms with Crippen molar-refractivity contribution in [3.8, 4) is 0 Å². The summed E-state index contributed by atoms with van der Waals surface area (Å²) in [5.41, 5.74) is 9.97. The number of hydrogen-bond donors (Lipinski definition) is 4. The summed E-state index contributed by atoms with van der Waals surface area (Å²) in [6.07, 6.45) is -1.91. The molecule has 6 nitrogen and oxygen atoms in total. The monoisotopic (exact) mass is 180 g/mol. The first kappa shape index (κ1) is 11.8. The molecule has 6 N–H and O–H groups in total. The Morgan fingerprint density at radius 3 is 1.50 bits per heavy atom. The Bertz CT molecular complexity index is 87.5. The van der Waals surface area contributed by atoms with Crippen molar-refractivity contribution >= 4 is 0 Å². The molecule has 0 aromatic carbocycles. The summed E-state index contributed by atoms with van der Waals surface area (Å²) in [5, 5.41) is 17.1. The van der Waals surface area contributed by atoms with Crippen LogP contribution in [0, 0.1) is 0 Å². The van der Waals surface area contributed by atoms with Crippen molar-refractivity contribution in [1.29, 1.82) is 0 Å². The Hall–Kier alpha value is -0.240. The van der Waals surface area contributed by atoms with Gasteiger partial charge in [0, 0.05) is 0 Å². The number of rotatable bonds is 7. The van der Waals surface area contributed by atoms with Gasteiger partial charge in [-0.1, -0.05) is 0 Å². The van der Waals surface area contributed by atoms with Crippen molar-refractivity contribution in [2.45, 2.75) is 12.5 Å². The molecule has 0 amide bonds. The lowest BCUT2D eigenvalue weighted by atomic mass is 10.6. The topological polar surface area (TPSA) is 111 Å². The molecule has 0 saturated heterocycles. The fraction of sp³-hybridized carbons (Fsp3) is 1.00. The average molecular weight is 180 g/mol. The maximum atomic E-state index is 8.55. The van der Waals surface area contributed by atoms with E-state index in [1.54, 1.807) is 0 Å². The first-order valence-corrected chi connectivity index (χ1v) is 3.65. The molecule has 6 heteroatoms. The molecule has 0 spiro atoms. The zero-order valence-electron chi connectivity index (χ0n) is 6.85. The van der Waals surface area contributed by atoms with Crippen LogP contribution in [0.15, 0.2) is 0 Å². The predicted molar refractivity (Wildman–Crippen MR) is 42.0 cm³/mol. The maximum Gasteiger partial charge on any atom is 0.126 e. The van der Waals surface area contributed by atoms with Crippen LogP contribution in [-0.2, 0) is 9.47 Å². The van der Waals surface area contributed by atoms with Gasteiger partial charge in [0.15, 0.2) is 0 Å². The van der Waals surface area contributed by atoms with Gasteiger partial charge in [0.25, 0.3) is 0 Å². The summed E-state index contributed by atoms with van der Waals surface area (Å²) in [6.45, 7) is 0.797. The van der Waals surface area contributed by atoms with Crippen LogP contribution in [0.4, 0.5) is 0 Å². The highest BCUT2D eigenvalue weighted by atomic mass is 16.5. The zero-order valence-corrected chi connectivity index (χ0v) is 6.85. The van der Waals surface area contributed by atoms with Gasteiger partial charge in [0.2, 0.25) is 0 Å². The summed E-state index contributed by atoms with van der Waals surface area (Å²) in [7, 11) is 0. The van der Waals surface area contributed by atoms with Crippen LogP contribution in [0.1, 0.15) is 0 Å². The van der Waals surface area contributed by atoms with E-state index < -0.39 is 12.5 Å². The van der Waals surface area contributed by atoms with Gasteiger partial charge in [0.1, 0.15) is 12.5 Å². The summed E-state index contributed by atoms with van der Waals surface area (Å²) in [5.74, 6) is 0. The van der Waals surface area contributed by atoms with Crippen molar-refractivity contribution in [3.05, 3.63) is 0 Å². The Balaban J connectivity index is 2.91. The Kier molecular flexibility index (Phi) is 7.26. The van der Waals surface area contributed by atoms with E-state index >= 15 is 0 Å². The molecule has 0 aliphatic rings. The summed E-state index contributed by atoms with van der Waals surface area (Å²) in [6, 6.07) is 0. The first-order valence-electron chi connectivity index (χ1n) is 3.65. The van der Waals surface area contributed by atoms with Crippen molar-refractivity contribution in [2.24, 2.45) is 11.5 Å². The summed E-state index contributed by atoms with van der Waals surface area (Å²) >= 11 is 0. The molecule has 0 radical (unpaired) electrons.